The average Bonchev–Trinajstić information content (AvgIpc) is 2.81. The number of hydrogen-bond donors (Lipinski definition) is 1. The number of carbonyl (C=O) groups excluding carboxylic acids is 1. The predicted octanol–water partition coefficient (Wildman–Crippen LogP) is 3.39. The Balaban J connectivity index is 2.38. The molecule has 2 aromatic rings. The quantitative estimate of drug-likeness (QED) is 0.619. The summed E-state index contributed by atoms with van der Waals surface area (Å²) in [4.78, 5) is 25.0. The van der Waals surface area contributed by atoms with Crippen LogP contribution in [0.3, 0.4) is 0 Å². The van der Waals surface area contributed by atoms with Crippen LogP contribution in [0.4, 0.5) is 5.69 Å². The zero-order valence-electron chi connectivity index (χ0n) is 14.5. The molecule has 0 amide bonds. The van der Waals surface area contributed by atoms with Crippen LogP contribution in [0, 0.1) is 0 Å². The van der Waals surface area contributed by atoms with Gasteiger partial charge in [-0.2, -0.15) is 0 Å². The molecule has 0 heterocycles. The smallest absolute Gasteiger partial charge is 0.212 e. The third-order valence-electron chi connectivity index (χ3n) is 3.61. The van der Waals surface area contributed by atoms with Gasteiger partial charge in [0.05, 0.1) is 25.5 Å². The summed E-state index contributed by atoms with van der Waals surface area (Å²) in [5.41, 5.74) is 0.885. The second-order valence-electron chi connectivity index (χ2n) is 5.21. The highest BCUT2D eigenvalue weighted by molar-refractivity contribution is 6.07. The number of carbonyl (C=O) groups is 1. The molecule has 130 valence electrons. The van der Waals surface area contributed by atoms with Gasteiger partial charge in [-0.15, -0.1) is 0 Å². The molecule has 0 aromatic heterocycles. The molecule has 2 aromatic carbocycles. The molecule has 0 unspecified atom stereocenters. The normalized spacial score (nSPS) is 10.5. The summed E-state index contributed by atoms with van der Waals surface area (Å²) in [6.45, 7) is 2.49. The van der Waals surface area contributed by atoms with Gasteiger partial charge in [-0.1, -0.05) is 12.1 Å². The maximum absolute atomic E-state index is 12.5. The number of rotatable bonds is 7. The summed E-state index contributed by atoms with van der Waals surface area (Å²) in [6.07, 6.45) is 2.98. The van der Waals surface area contributed by atoms with Crippen molar-refractivity contribution in [3.63, 3.8) is 0 Å². The molecular formula is C20H21NO4. The summed E-state index contributed by atoms with van der Waals surface area (Å²) < 4.78 is 10.5. The van der Waals surface area contributed by atoms with Crippen LogP contribution in [0.25, 0.3) is 6.08 Å². The number of ketones is 1. The van der Waals surface area contributed by atoms with E-state index >= 15 is 0 Å². The maximum atomic E-state index is 12.5. The Hall–Kier alpha value is -3.08. The van der Waals surface area contributed by atoms with Gasteiger partial charge in [0.2, 0.25) is 5.43 Å². The Labute approximate surface area is 146 Å². The molecule has 5 heteroatoms. The van der Waals surface area contributed by atoms with E-state index in [0.717, 1.165) is 0 Å². The van der Waals surface area contributed by atoms with Crippen molar-refractivity contribution in [1.82, 2.24) is 0 Å². The highest BCUT2D eigenvalue weighted by Gasteiger charge is 2.10. The minimum absolute atomic E-state index is 0.110. The number of hydrogen-bond acceptors (Lipinski definition) is 5. The number of methoxy groups -OCH3 is 2. The van der Waals surface area contributed by atoms with Crippen molar-refractivity contribution in [2.24, 2.45) is 0 Å². The minimum atomic E-state index is -0.370. The largest absolute Gasteiger partial charge is 0.497 e. The average molecular weight is 339 g/mol. The van der Waals surface area contributed by atoms with Crippen LogP contribution in [0.2, 0.25) is 0 Å². The Bertz CT molecular complexity index is 843. The molecule has 0 radical (unpaired) electrons. The van der Waals surface area contributed by atoms with Gasteiger partial charge in [-0.25, -0.2) is 0 Å². The van der Waals surface area contributed by atoms with Crippen LogP contribution in [0.5, 0.6) is 11.5 Å². The molecule has 0 spiro atoms. The summed E-state index contributed by atoms with van der Waals surface area (Å²) >= 11 is 0. The van der Waals surface area contributed by atoms with E-state index in [4.69, 9.17) is 9.47 Å². The van der Waals surface area contributed by atoms with E-state index in [9.17, 15) is 9.59 Å². The zero-order valence-corrected chi connectivity index (χ0v) is 14.5. The summed E-state index contributed by atoms with van der Waals surface area (Å²) in [7, 11) is 3.12. The predicted molar refractivity (Wildman–Crippen MR) is 99.8 cm³/mol. The molecule has 25 heavy (non-hydrogen) atoms. The van der Waals surface area contributed by atoms with E-state index in [1.807, 2.05) is 6.92 Å². The van der Waals surface area contributed by atoms with E-state index in [0.29, 0.717) is 29.3 Å². The van der Waals surface area contributed by atoms with Crippen LogP contribution < -0.4 is 20.2 Å². The molecule has 0 fully saturated rings. The molecule has 0 aliphatic carbocycles. The molecule has 1 N–H and O–H groups in total. The monoisotopic (exact) mass is 339 g/mol. The van der Waals surface area contributed by atoms with Gasteiger partial charge in [-0.05, 0) is 49.4 Å². The van der Waals surface area contributed by atoms with Crippen molar-refractivity contribution in [3.05, 3.63) is 69.9 Å². The van der Waals surface area contributed by atoms with E-state index in [1.165, 1.54) is 12.1 Å². The number of nitrogens with one attached hydrogen (secondary N) is 1. The maximum Gasteiger partial charge on any atom is 0.212 e. The topological polar surface area (TPSA) is 64.6 Å². The summed E-state index contributed by atoms with van der Waals surface area (Å²) in [5, 5.41) is 2.97. The molecule has 0 saturated heterocycles. The van der Waals surface area contributed by atoms with Crippen LogP contribution in [0.1, 0.15) is 22.8 Å². The first-order chi connectivity index (χ1) is 12.1. The van der Waals surface area contributed by atoms with E-state index in [-0.39, 0.29) is 16.8 Å². The lowest BCUT2D eigenvalue weighted by molar-refractivity contribution is 0.104. The van der Waals surface area contributed by atoms with Crippen molar-refractivity contribution in [2.75, 3.05) is 26.1 Å². The molecule has 0 saturated carbocycles. The van der Waals surface area contributed by atoms with Crippen molar-refractivity contribution >= 4 is 17.5 Å². The van der Waals surface area contributed by atoms with Crippen LogP contribution in [-0.2, 0) is 0 Å². The highest BCUT2D eigenvalue weighted by atomic mass is 16.5. The van der Waals surface area contributed by atoms with Gasteiger partial charge in [0.25, 0.3) is 0 Å². The first-order valence-corrected chi connectivity index (χ1v) is 7.92. The standard InChI is InChI=1S/C20H21NO4/c1-4-21-17-8-6-5-7-16(20(17)23)18(22)11-9-14-13-15(24-2)10-12-19(14)25-3/h5-13H,4H2,1-3H3,(H,21,23)/b11-9-. The second-order valence-corrected chi connectivity index (χ2v) is 5.21. The third-order valence-corrected chi connectivity index (χ3v) is 3.61. The zero-order chi connectivity index (χ0) is 18.2. The van der Waals surface area contributed by atoms with Gasteiger partial charge in [0.15, 0.2) is 5.78 Å². The molecular weight excluding hydrogens is 318 g/mol. The Morgan fingerprint density at radius 2 is 1.88 bits per heavy atom. The molecule has 2 rings (SSSR count). The first kappa shape index (κ1) is 18.3. The fraction of sp³-hybridized carbons (Fsp3) is 0.200. The lowest BCUT2D eigenvalue weighted by atomic mass is 10.1. The van der Waals surface area contributed by atoms with Crippen LogP contribution >= 0.6 is 0 Å². The summed E-state index contributed by atoms with van der Waals surface area (Å²) in [5.74, 6) is 0.891. The van der Waals surface area contributed by atoms with E-state index in [1.54, 1.807) is 56.7 Å². The third kappa shape index (κ3) is 4.47. The lowest BCUT2D eigenvalue weighted by Crippen LogP contribution is -2.15. The molecule has 0 bridgehead atoms. The number of ether oxygens (including phenoxy) is 2. The summed E-state index contributed by atoms with van der Waals surface area (Å²) in [6, 6.07) is 11.9. The lowest BCUT2D eigenvalue weighted by Gasteiger charge is -2.07. The van der Waals surface area contributed by atoms with Crippen LogP contribution in [0.15, 0.2) is 53.3 Å². The van der Waals surface area contributed by atoms with Gasteiger partial charge in [0, 0.05) is 12.1 Å². The number of allylic oxidation sites excluding steroid dienone is 1. The molecule has 0 aliphatic heterocycles. The first-order valence-electron chi connectivity index (χ1n) is 7.92. The van der Waals surface area contributed by atoms with Crippen molar-refractivity contribution in [2.45, 2.75) is 6.92 Å². The SMILES string of the molecule is CCNc1ccccc(C(=O)/C=C\c2cc(OC)ccc2OC)c1=O. The van der Waals surface area contributed by atoms with E-state index < -0.39 is 0 Å². The minimum Gasteiger partial charge on any atom is -0.497 e. The second kappa shape index (κ2) is 8.68. The fourth-order valence-electron chi connectivity index (χ4n) is 2.35. The van der Waals surface area contributed by atoms with Gasteiger partial charge >= 0.3 is 0 Å². The number of anilines is 1. The Morgan fingerprint density at radius 3 is 2.56 bits per heavy atom. The number of benzene rings is 1. The van der Waals surface area contributed by atoms with Crippen molar-refractivity contribution in [3.8, 4) is 11.5 Å². The van der Waals surface area contributed by atoms with Gasteiger partial charge < -0.3 is 14.8 Å². The van der Waals surface area contributed by atoms with E-state index in [2.05, 4.69) is 5.32 Å². The molecule has 5 nitrogen and oxygen atoms in total. The Kier molecular flexibility index (Phi) is 6.34. The van der Waals surface area contributed by atoms with Gasteiger partial charge in [0.1, 0.15) is 11.5 Å². The molecule has 0 aliphatic rings. The van der Waals surface area contributed by atoms with Crippen molar-refractivity contribution in [1.29, 1.82) is 0 Å². The van der Waals surface area contributed by atoms with Crippen LogP contribution in [-0.4, -0.2) is 26.5 Å². The Morgan fingerprint density at radius 1 is 1.12 bits per heavy atom. The fourth-order valence-corrected chi connectivity index (χ4v) is 2.35. The highest BCUT2D eigenvalue weighted by Crippen LogP contribution is 2.25. The van der Waals surface area contributed by atoms with Crippen molar-refractivity contribution < 1.29 is 14.3 Å². The molecule has 0 atom stereocenters. The van der Waals surface area contributed by atoms with Gasteiger partial charge in [-0.3, -0.25) is 9.59 Å².